The minimum Gasteiger partial charge on any atom is -0.508 e. The molecule has 0 atom stereocenters. The van der Waals surface area contributed by atoms with Gasteiger partial charge in [-0.05, 0) is 47.9 Å². The lowest BCUT2D eigenvalue weighted by atomic mass is 10.1. The molecule has 0 aliphatic carbocycles. The third-order valence-electron chi connectivity index (χ3n) is 2.94. The predicted molar refractivity (Wildman–Crippen MR) is 83.3 cm³/mol. The highest BCUT2D eigenvalue weighted by Crippen LogP contribution is 2.41. The summed E-state index contributed by atoms with van der Waals surface area (Å²) < 4.78 is 43.1. The molecular weight excluding hydrogens is 381 g/mol. The summed E-state index contributed by atoms with van der Waals surface area (Å²) in [5.41, 5.74) is 0.348. The number of alkyl halides is 3. The van der Waals surface area contributed by atoms with Crippen LogP contribution in [0.5, 0.6) is 11.5 Å². The van der Waals surface area contributed by atoms with E-state index in [-0.39, 0.29) is 11.5 Å². The molecule has 3 rings (SSSR count). The average molecular weight is 389 g/mol. The Balaban J connectivity index is 2.13. The summed E-state index contributed by atoms with van der Waals surface area (Å²) >= 11 is 4.43. The van der Waals surface area contributed by atoms with Gasteiger partial charge in [0, 0.05) is 19.6 Å². The van der Waals surface area contributed by atoms with Crippen molar-refractivity contribution in [1.29, 1.82) is 0 Å². The molecule has 0 saturated heterocycles. The molecule has 114 valence electrons. The molecule has 0 saturated carbocycles. The highest BCUT2D eigenvalue weighted by atomic mass is 79.9. The van der Waals surface area contributed by atoms with Crippen LogP contribution in [0.4, 0.5) is 13.2 Å². The number of fused-ring (bicyclic) bond motifs is 1. The Hall–Kier alpha value is -1.73. The lowest BCUT2D eigenvalue weighted by Crippen LogP contribution is -2.17. The lowest BCUT2D eigenvalue weighted by Gasteiger charge is -2.12. The number of halogens is 4. The number of ether oxygens (including phenoxy) is 1. The van der Waals surface area contributed by atoms with Crippen molar-refractivity contribution in [2.45, 2.75) is 6.36 Å². The quantitative estimate of drug-likeness (QED) is 0.588. The van der Waals surface area contributed by atoms with Crippen molar-refractivity contribution in [2.24, 2.45) is 0 Å². The largest absolute Gasteiger partial charge is 0.573 e. The van der Waals surface area contributed by atoms with E-state index in [9.17, 15) is 18.3 Å². The van der Waals surface area contributed by atoms with Crippen LogP contribution in [0.25, 0.3) is 20.5 Å². The fourth-order valence-electron chi connectivity index (χ4n) is 2.06. The van der Waals surface area contributed by atoms with Gasteiger partial charge in [0.25, 0.3) is 0 Å². The molecule has 0 radical (unpaired) electrons. The lowest BCUT2D eigenvalue weighted by molar-refractivity contribution is -0.274. The molecule has 1 aromatic heterocycles. The van der Waals surface area contributed by atoms with Crippen molar-refractivity contribution in [1.82, 2.24) is 0 Å². The Morgan fingerprint density at radius 2 is 1.82 bits per heavy atom. The van der Waals surface area contributed by atoms with Crippen molar-refractivity contribution in [3.8, 4) is 21.9 Å². The molecule has 3 aromatic rings. The molecule has 0 aliphatic rings. The van der Waals surface area contributed by atoms with E-state index in [1.807, 2.05) is 0 Å². The summed E-state index contributed by atoms with van der Waals surface area (Å²) in [6.45, 7) is 0. The van der Waals surface area contributed by atoms with Gasteiger partial charge >= 0.3 is 6.36 Å². The Kier molecular flexibility index (Phi) is 3.78. The van der Waals surface area contributed by atoms with Crippen molar-refractivity contribution in [2.75, 3.05) is 0 Å². The summed E-state index contributed by atoms with van der Waals surface area (Å²) in [6.07, 6.45) is -4.76. The highest BCUT2D eigenvalue weighted by Gasteiger charge is 2.32. The van der Waals surface area contributed by atoms with Gasteiger partial charge in [-0.3, -0.25) is 0 Å². The molecule has 1 heterocycles. The highest BCUT2D eigenvalue weighted by molar-refractivity contribution is 9.10. The van der Waals surface area contributed by atoms with Crippen LogP contribution in [0.15, 0.2) is 46.9 Å². The Morgan fingerprint density at radius 3 is 2.55 bits per heavy atom. The van der Waals surface area contributed by atoms with E-state index in [0.717, 1.165) is 10.1 Å². The molecule has 1 N–H and O–H groups in total. The Labute approximate surface area is 135 Å². The fourth-order valence-corrected chi connectivity index (χ4v) is 3.53. The van der Waals surface area contributed by atoms with E-state index < -0.39 is 6.36 Å². The van der Waals surface area contributed by atoms with Crippen LogP contribution < -0.4 is 4.74 Å². The first-order valence-corrected chi connectivity index (χ1v) is 7.71. The van der Waals surface area contributed by atoms with Gasteiger partial charge < -0.3 is 9.84 Å². The van der Waals surface area contributed by atoms with Gasteiger partial charge in [-0.15, -0.1) is 24.5 Å². The molecule has 0 bridgehead atoms. The van der Waals surface area contributed by atoms with Crippen molar-refractivity contribution >= 4 is 37.4 Å². The third kappa shape index (κ3) is 3.20. The number of phenols is 1. The monoisotopic (exact) mass is 388 g/mol. The minimum absolute atomic E-state index is 0.114. The molecule has 0 fully saturated rings. The second-order valence-corrected chi connectivity index (χ2v) is 6.52. The predicted octanol–water partition coefficient (Wildman–Crippen LogP) is 5.94. The van der Waals surface area contributed by atoms with E-state index in [1.54, 1.807) is 30.3 Å². The van der Waals surface area contributed by atoms with Crippen LogP contribution in [0, 0.1) is 0 Å². The summed E-state index contributed by atoms with van der Waals surface area (Å²) in [5, 5.41) is 10.3. The van der Waals surface area contributed by atoms with Crippen LogP contribution >= 0.6 is 27.3 Å². The van der Waals surface area contributed by atoms with E-state index >= 15 is 0 Å². The third-order valence-corrected chi connectivity index (χ3v) is 4.56. The first kappa shape index (κ1) is 15.2. The van der Waals surface area contributed by atoms with Gasteiger partial charge in [0.05, 0.1) is 0 Å². The number of hydrogen-bond donors (Lipinski definition) is 1. The van der Waals surface area contributed by atoms with Crippen molar-refractivity contribution in [3.05, 3.63) is 46.9 Å². The number of hydrogen-bond acceptors (Lipinski definition) is 3. The molecule has 0 unspecified atom stereocenters. The first-order valence-electron chi connectivity index (χ1n) is 6.10. The minimum atomic E-state index is -4.76. The van der Waals surface area contributed by atoms with Crippen LogP contribution in [-0.2, 0) is 0 Å². The zero-order chi connectivity index (χ0) is 15.9. The maximum Gasteiger partial charge on any atom is 0.573 e. The van der Waals surface area contributed by atoms with Crippen molar-refractivity contribution < 1.29 is 23.0 Å². The van der Waals surface area contributed by atoms with Crippen molar-refractivity contribution in [3.63, 3.8) is 0 Å². The topological polar surface area (TPSA) is 29.5 Å². The van der Waals surface area contributed by atoms with Gasteiger partial charge in [0.2, 0.25) is 0 Å². The van der Waals surface area contributed by atoms with Crippen LogP contribution in [0.2, 0.25) is 0 Å². The molecule has 0 spiro atoms. The Bertz CT molecular complexity index is 842. The molecule has 2 nitrogen and oxygen atoms in total. The molecule has 22 heavy (non-hydrogen) atoms. The molecule has 7 heteroatoms. The molecule has 0 amide bonds. The smallest absolute Gasteiger partial charge is 0.508 e. The number of thiophene rings is 1. The zero-order valence-electron chi connectivity index (χ0n) is 10.8. The summed E-state index contributed by atoms with van der Waals surface area (Å²) in [6, 6.07) is 11.1. The van der Waals surface area contributed by atoms with E-state index in [4.69, 9.17) is 0 Å². The maximum atomic E-state index is 12.6. The normalized spacial score (nSPS) is 11.8. The molecular formula is C15H8BrF3O2S. The SMILES string of the molecule is Oc1ccc2cc(-c3ccc(Br)cc3OC(F)(F)F)sc2c1. The van der Waals surface area contributed by atoms with E-state index in [2.05, 4.69) is 20.7 Å². The summed E-state index contributed by atoms with van der Waals surface area (Å²) in [4.78, 5) is 0.632. The van der Waals surface area contributed by atoms with Gasteiger partial charge in [-0.1, -0.05) is 15.9 Å². The van der Waals surface area contributed by atoms with Crippen LogP contribution in [0.1, 0.15) is 0 Å². The van der Waals surface area contributed by atoms with E-state index in [1.165, 1.54) is 23.5 Å². The first-order chi connectivity index (χ1) is 10.3. The number of benzene rings is 2. The second kappa shape index (κ2) is 5.48. The second-order valence-electron chi connectivity index (χ2n) is 4.52. The summed E-state index contributed by atoms with van der Waals surface area (Å²) in [7, 11) is 0. The number of phenolic OH excluding ortho intramolecular Hbond substituents is 1. The molecule has 0 aliphatic heterocycles. The van der Waals surface area contributed by atoms with Gasteiger partial charge in [-0.25, -0.2) is 0 Å². The van der Waals surface area contributed by atoms with Crippen LogP contribution in [-0.4, -0.2) is 11.5 Å². The standard InChI is InChI=1S/C15H8BrF3O2S/c16-9-2-4-11(12(6-9)21-15(17,18)19)14-5-8-1-3-10(20)7-13(8)22-14/h1-7,20H. The van der Waals surface area contributed by atoms with Gasteiger partial charge in [0.15, 0.2) is 0 Å². The number of rotatable bonds is 2. The van der Waals surface area contributed by atoms with Gasteiger partial charge in [-0.2, -0.15) is 0 Å². The van der Waals surface area contributed by atoms with Crippen LogP contribution in [0.3, 0.4) is 0 Å². The fraction of sp³-hybridized carbons (Fsp3) is 0.0667. The molecule has 2 aromatic carbocycles. The van der Waals surface area contributed by atoms with Gasteiger partial charge in [0.1, 0.15) is 11.5 Å². The summed E-state index contributed by atoms with van der Waals surface area (Å²) in [5.74, 6) is -0.152. The zero-order valence-corrected chi connectivity index (χ0v) is 13.2. The number of aromatic hydroxyl groups is 1. The maximum absolute atomic E-state index is 12.6. The Morgan fingerprint density at radius 1 is 1.05 bits per heavy atom. The van der Waals surface area contributed by atoms with E-state index in [0.29, 0.717) is 14.9 Å². The average Bonchev–Trinajstić information content (AvgIpc) is 2.79.